The van der Waals surface area contributed by atoms with Gasteiger partial charge in [0.2, 0.25) is 0 Å². The first-order chi connectivity index (χ1) is 12.9. The zero-order valence-corrected chi connectivity index (χ0v) is 14.9. The highest BCUT2D eigenvalue weighted by molar-refractivity contribution is 6.22. The molecule has 126 valence electrons. The first-order valence-electron chi connectivity index (χ1n) is 9.38. The molecule has 1 N–H and O–H groups in total. The highest BCUT2D eigenvalue weighted by Crippen LogP contribution is 2.42. The first kappa shape index (κ1) is 15.2. The van der Waals surface area contributed by atoms with Crippen LogP contribution in [0.5, 0.6) is 0 Å². The Hall–Kier alpha value is -3.06. The van der Waals surface area contributed by atoms with Crippen molar-refractivity contribution in [1.82, 2.24) is 4.98 Å². The minimum atomic E-state index is 1.09. The second-order valence-corrected chi connectivity index (χ2v) is 6.94. The molecule has 26 heavy (non-hydrogen) atoms. The van der Waals surface area contributed by atoms with E-state index in [-0.39, 0.29) is 0 Å². The van der Waals surface area contributed by atoms with Crippen LogP contribution in [0, 0.1) is 0 Å². The van der Waals surface area contributed by atoms with Gasteiger partial charge in [-0.1, -0.05) is 86.1 Å². The lowest BCUT2D eigenvalue weighted by Crippen LogP contribution is -1.92. The van der Waals surface area contributed by atoms with Gasteiger partial charge in [-0.05, 0) is 34.4 Å². The topological polar surface area (TPSA) is 15.8 Å². The van der Waals surface area contributed by atoms with Crippen molar-refractivity contribution in [3.8, 4) is 11.1 Å². The van der Waals surface area contributed by atoms with Crippen molar-refractivity contribution in [2.45, 2.75) is 19.8 Å². The molecule has 0 aliphatic carbocycles. The number of aromatic amines is 1. The Morgan fingerprint density at radius 1 is 0.692 bits per heavy atom. The maximum atomic E-state index is 3.74. The number of hydrogen-bond donors (Lipinski definition) is 1. The van der Waals surface area contributed by atoms with Crippen LogP contribution in [0.3, 0.4) is 0 Å². The van der Waals surface area contributed by atoms with Crippen LogP contribution >= 0.6 is 0 Å². The number of aryl methyl sites for hydroxylation is 1. The summed E-state index contributed by atoms with van der Waals surface area (Å²) in [7, 11) is 0. The van der Waals surface area contributed by atoms with Gasteiger partial charge in [-0.25, -0.2) is 0 Å². The Balaban J connectivity index is 2.07. The van der Waals surface area contributed by atoms with Crippen LogP contribution in [0.25, 0.3) is 43.7 Å². The lowest BCUT2D eigenvalue weighted by Gasteiger charge is -2.14. The second-order valence-electron chi connectivity index (χ2n) is 6.94. The van der Waals surface area contributed by atoms with Crippen LogP contribution in [0.15, 0.2) is 78.9 Å². The molecule has 5 rings (SSSR count). The van der Waals surface area contributed by atoms with Crippen LogP contribution in [-0.4, -0.2) is 4.98 Å². The minimum absolute atomic E-state index is 1.09. The van der Waals surface area contributed by atoms with Crippen LogP contribution in [0.4, 0.5) is 0 Å². The third-order valence-corrected chi connectivity index (χ3v) is 5.34. The number of H-pyrrole nitrogens is 1. The fourth-order valence-corrected chi connectivity index (χ4v) is 4.29. The molecule has 0 saturated heterocycles. The van der Waals surface area contributed by atoms with E-state index in [2.05, 4.69) is 90.8 Å². The summed E-state index contributed by atoms with van der Waals surface area (Å²) in [6.07, 6.45) is 2.23. The van der Waals surface area contributed by atoms with E-state index >= 15 is 0 Å². The van der Waals surface area contributed by atoms with Crippen molar-refractivity contribution in [3.63, 3.8) is 0 Å². The maximum absolute atomic E-state index is 3.74. The molecule has 0 bridgehead atoms. The Morgan fingerprint density at radius 3 is 2.12 bits per heavy atom. The Bertz CT molecular complexity index is 1230. The quantitative estimate of drug-likeness (QED) is 0.362. The summed E-state index contributed by atoms with van der Waals surface area (Å²) in [5.74, 6) is 0. The summed E-state index contributed by atoms with van der Waals surface area (Å²) in [5.41, 5.74) is 6.53. The van der Waals surface area contributed by atoms with Gasteiger partial charge < -0.3 is 4.98 Å². The smallest absolute Gasteiger partial charge is 0.0553 e. The molecule has 1 heterocycles. The molecule has 0 spiro atoms. The second kappa shape index (κ2) is 6.03. The average molecular weight is 335 g/mol. The summed E-state index contributed by atoms with van der Waals surface area (Å²) < 4.78 is 0. The van der Waals surface area contributed by atoms with E-state index in [1.165, 1.54) is 49.3 Å². The van der Waals surface area contributed by atoms with Gasteiger partial charge in [-0.3, -0.25) is 0 Å². The molecule has 1 heteroatoms. The number of nitrogens with one attached hydrogen (secondary N) is 1. The van der Waals surface area contributed by atoms with Crippen molar-refractivity contribution in [2.75, 3.05) is 0 Å². The van der Waals surface area contributed by atoms with Crippen LogP contribution < -0.4 is 0 Å². The molecule has 0 saturated carbocycles. The molecule has 5 aromatic rings. The van der Waals surface area contributed by atoms with E-state index in [0.717, 1.165) is 12.8 Å². The largest absolute Gasteiger partial charge is 0.354 e. The first-order valence-corrected chi connectivity index (χ1v) is 9.38. The molecule has 4 aromatic carbocycles. The SMILES string of the molecule is CCCc1c2ccccc2c(-c2ccccc2)c2[nH]c3ccccc3c12. The summed E-state index contributed by atoms with van der Waals surface area (Å²) in [4.78, 5) is 3.74. The van der Waals surface area contributed by atoms with Crippen LogP contribution in [0.1, 0.15) is 18.9 Å². The monoisotopic (exact) mass is 335 g/mol. The number of fused-ring (bicyclic) bond motifs is 4. The van der Waals surface area contributed by atoms with E-state index in [1.54, 1.807) is 0 Å². The lowest BCUT2D eigenvalue weighted by molar-refractivity contribution is 0.937. The molecule has 0 atom stereocenters. The average Bonchev–Trinajstić information content (AvgIpc) is 3.08. The molecule has 0 fully saturated rings. The van der Waals surface area contributed by atoms with Crippen molar-refractivity contribution < 1.29 is 0 Å². The third kappa shape index (κ3) is 2.17. The van der Waals surface area contributed by atoms with E-state index in [0.29, 0.717) is 0 Å². The Morgan fingerprint density at radius 2 is 1.35 bits per heavy atom. The van der Waals surface area contributed by atoms with E-state index in [1.807, 2.05) is 0 Å². The van der Waals surface area contributed by atoms with Crippen molar-refractivity contribution in [3.05, 3.63) is 84.4 Å². The Kier molecular flexibility index (Phi) is 3.53. The van der Waals surface area contributed by atoms with Gasteiger partial charge in [0.1, 0.15) is 0 Å². The standard InChI is InChI=1S/C25H21N/c1-2-10-19-18-13-6-7-14-20(18)23(17-11-4-3-5-12-17)25-24(19)21-15-8-9-16-22(21)26-25/h3-9,11-16,26H,2,10H2,1H3. The van der Waals surface area contributed by atoms with Gasteiger partial charge in [0.15, 0.2) is 0 Å². The number of rotatable bonds is 3. The van der Waals surface area contributed by atoms with Gasteiger partial charge in [0.25, 0.3) is 0 Å². The lowest BCUT2D eigenvalue weighted by atomic mass is 9.89. The summed E-state index contributed by atoms with van der Waals surface area (Å²) in [6, 6.07) is 28.3. The molecular formula is C25H21N. The maximum Gasteiger partial charge on any atom is 0.0553 e. The Labute approximate surface area is 153 Å². The number of para-hydroxylation sites is 1. The molecule has 0 unspecified atom stereocenters. The molecule has 1 aromatic heterocycles. The fraction of sp³-hybridized carbons (Fsp3) is 0.120. The predicted molar refractivity (Wildman–Crippen MR) is 113 cm³/mol. The number of benzene rings is 4. The van der Waals surface area contributed by atoms with Gasteiger partial charge in [-0.15, -0.1) is 0 Å². The van der Waals surface area contributed by atoms with Gasteiger partial charge in [0, 0.05) is 21.9 Å². The van der Waals surface area contributed by atoms with E-state index < -0.39 is 0 Å². The molecule has 1 nitrogen and oxygen atoms in total. The summed E-state index contributed by atoms with van der Waals surface area (Å²) >= 11 is 0. The predicted octanol–water partition coefficient (Wildman–Crippen LogP) is 7.09. The van der Waals surface area contributed by atoms with Gasteiger partial charge >= 0.3 is 0 Å². The molecular weight excluding hydrogens is 314 g/mol. The van der Waals surface area contributed by atoms with Crippen molar-refractivity contribution in [2.24, 2.45) is 0 Å². The van der Waals surface area contributed by atoms with Gasteiger partial charge in [0.05, 0.1) is 5.52 Å². The van der Waals surface area contributed by atoms with Crippen molar-refractivity contribution in [1.29, 1.82) is 0 Å². The van der Waals surface area contributed by atoms with E-state index in [9.17, 15) is 0 Å². The van der Waals surface area contributed by atoms with Gasteiger partial charge in [-0.2, -0.15) is 0 Å². The van der Waals surface area contributed by atoms with Crippen molar-refractivity contribution >= 4 is 32.6 Å². The van der Waals surface area contributed by atoms with E-state index in [4.69, 9.17) is 0 Å². The van der Waals surface area contributed by atoms with Crippen LogP contribution in [-0.2, 0) is 6.42 Å². The number of aromatic nitrogens is 1. The normalized spacial score (nSPS) is 11.6. The minimum Gasteiger partial charge on any atom is -0.354 e. The van der Waals surface area contributed by atoms with Crippen LogP contribution in [0.2, 0.25) is 0 Å². The highest BCUT2D eigenvalue weighted by atomic mass is 14.7. The summed E-state index contributed by atoms with van der Waals surface area (Å²) in [6.45, 7) is 2.26. The zero-order chi connectivity index (χ0) is 17.5. The molecule has 0 aliphatic rings. The summed E-state index contributed by atoms with van der Waals surface area (Å²) in [5, 5.41) is 5.43. The third-order valence-electron chi connectivity index (χ3n) is 5.34. The number of hydrogen-bond acceptors (Lipinski definition) is 0. The molecule has 0 amide bonds. The molecule has 0 radical (unpaired) electrons. The molecule has 0 aliphatic heterocycles. The fourth-order valence-electron chi connectivity index (χ4n) is 4.29. The highest BCUT2D eigenvalue weighted by Gasteiger charge is 2.18. The zero-order valence-electron chi connectivity index (χ0n) is 14.9.